The number of aryl methyl sites for hydroxylation is 1. The number of carbonyl (C=O) groups is 1. The molecule has 1 aromatic carbocycles. The van der Waals surface area contributed by atoms with Crippen LogP contribution >= 0.6 is 0 Å². The number of hydrogen-bond donors (Lipinski definition) is 1. The molecular formula is C18H24N4O5. The quantitative estimate of drug-likeness (QED) is 0.409. The van der Waals surface area contributed by atoms with Gasteiger partial charge in [-0.05, 0) is 32.4 Å². The van der Waals surface area contributed by atoms with Crippen LogP contribution in [0.1, 0.15) is 31.2 Å². The first-order valence-electron chi connectivity index (χ1n) is 8.66. The second-order valence-electron chi connectivity index (χ2n) is 6.05. The molecule has 1 heterocycles. The van der Waals surface area contributed by atoms with E-state index in [4.69, 9.17) is 9.47 Å². The normalized spacial score (nSPS) is 10.5. The number of nitrogens with zero attached hydrogens (tertiary/aromatic N) is 3. The van der Waals surface area contributed by atoms with E-state index >= 15 is 0 Å². The predicted octanol–water partition coefficient (Wildman–Crippen LogP) is 3.23. The Balaban J connectivity index is 2.17. The minimum Gasteiger partial charge on any atom is -0.497 e. The van der Waals surface area contributed by atoms with Crippen molar-refractivity contribution in [3.05, 3.63) is 39.7 Å². The first kappa shape index (κ1) is 20.2. The predicted molar refractivity (Wildman–Crippen MR) is 100 cm³/mol. The molecule has 2 rings (SSSR count). The van der Waals surface area contributed by atoms with Crippen LogP contribution < -0.4 is 14.8 Å². The summed E-state index contributed by atoms with van der Waals surface area (Å²) in [4.78, 5) is 23.1. The Hall–Kier alpha value is -3.10. The Labute approximate surface area is 157 Å². The van der Waals surface area contributed by atoms with E-state index < -0.39 is 4.92 Å². The molecule has 0 saturated carbocycles. The summed E-state index contributed by atoms with van der Waals surface area (Å²) in [5.74, 6) is 0.746. The molecule has 1 aromatic heterocycles. The van der Waals surface area contributed by atoms with Crippen molar-refractivity contribution >= 4 is 17.3 Å². The molecule has 0 bridgehead atoms. The van der Waals surface area contributed by atoms with Crippen molar-refractivity contribution in [3.8, 4) is 11.5 Å². The average Bonchev–Trinajstić information content (AvgIpc) is 2.89. The van der Waals surface area contributed by atoms with Gasteiger partial charge in [0.05, 0.1) is 24.3 Å². The molecule has 27 heavy (non-hydrogen) atoms. The minimum absolute atomic E-state index is 0.0761. The second kappa shape index (κ2) is 9.02. The van der Waals surface area contributed by atoms with Crippen molar-refractivity contribution in [2.24, 2.45) is 0 Å². The highest BCUT2D eigenvalue weighted by molar-refractivity contribution is 5.92. The Kier molecular flexibility index (Phi) is 6.75. The average molecular weight is 376 g/mol. The van der Waals surface area contributed by atoms with Gasteiger partial charge in [0.2, 0.25) is 5.91 Å². The van der Waals surface area contributed by atoms with E-state index in [0.717, 1.165) is 12.8 Å². The Morgan fingerprint density at radius 1 is 1.37 bits per heavy atom. The largest absolute Gasteiger partial charge is 0.497 e. The van der Waals surface area contributed by atoms with E-state index in [1.807, 2.05) is 0 Å². The third-order valence-electron chi connectivity index (χ3n) is 4.04. The molecule has 0 spiro atoms. The standard InChI is InChI=1S/C18H24N4O5/c1-5-6-9-27-16-8-7-14(26-4)10-15(16)19-17(23)11-21-13(3)18(22(24)25)12(2)20-21/h7-8,10H,5-6,9,11H2,1-4H3,(H,19,23). The zero-order valence-corrected chi connectivity index (χ0v) is 15.9. The molecule has 0 atom stereocenters. The van der Waals surface area contributed by atoms with Crippen LogP contribution in [0.4, 0.5) is 11.4 Å². The third-order valence-corrected chi connectivity index (χ3v) is 4.04. The molecule has 0 aliphatic rings. The summed E-state index contributed by atoms with van der Waals surface area (Å²) in [6, 6.07) is 5.16. The number of ether oxygens (including phenoxy) is 2. The van der Waals surface area contributed by atoms with Crippen molar-refractivity contribution in [1.29, 1.82) is 0 Å². The number of nitro groups is 1. The van der Waals surface area contributed by atoms with E-state index in [1.165, 1.54) is 11.8 Å². The number of amides is 1. The number of hydrogen-bond acceptors (Lipinski definition) is 6. The van der Waals surface area contributed by atoms with Crippen molar-refractivity contribution in [2.45, 2.75) is 40.2 Å². The van der Waals surface area contributed by atoms with Crippen LogP contribution in [0.2, 0.25) is 0 Å². The summed E-state index contributed by atoms with van der Waals surface area (Å²) < 4.78 is 12.2. The number of benzene rings is 1. The Morgan fingerprint density at radius 3 is 2.70 bits per heavy atom. The zero-order chi connectivity index (χ0) is 20.0. The maximum absolute atomic E-state index is 12.5. The van der Waals surface area contributed by atoms with Crippen LogP contribution in [0.25, 0.3) is 0 Å². The van der Waals surface area contributed by atoms with Crippen LogP contribution in [0.5, 0.6) is 11.5 Å². The zero-order valence-electron chi connectivity index (χ0n) is 15.9. The van der Waals surface area contributed by atoms with Gasteiger partial charge >= 0.3 is 5.69 Å². The lowest BCUT2D eigenvalue weighted by Crippen LogP contribution is -2.21. The fourth-order valence-electron chi connectivity index (χ4n) is 2.62. The number of aromatic nitrogens is 2. The maximum Gasteiger partial charge on any atom is 0.312 e. The molecule has 0 fully saturated rings. The molecule has 1 amide bonds. The van der Waals surface area contributed by atoms with Gasteiger partial charge < -0.3 is 14.8 Å². The second-order valence-corrected chi connectivity index (χ2v) is 6.05. The number of carbonyl (C=O) groups excluding carboxylic acids is 1. The van der Waals surface area contributed by atoms with Crippen molar-refractivity contribution in [1.82, 2.24) is 9.78 Å². The highest BCUT2D eigenvalue weighted by Gasteiger charge is 2.23. The highest BCUT2D eigenvalue weighted by atomic mass is 16.6. The van der Waals surface area contributed by atoms with Crippen LogP contribution in [-0.2, 0) is 11.3 Å². The first-order chi connectivity index (χ1) is 12.9. The maximum atomic E-state index is 12.5. The monoisotopic (exact) mass is 376 g/mol. The van der Waals surface area contributed by atoms with Gasteiger partial charge in [0.15, 0.2) is 0 Å². The number of methoxy groups -OCH3 is 1. The van der Waals surface area contributed by atoms with E-state index in [-0.39, 0.29) is 23.8 Å². The summed E-state index contributed by atoms with van der Waals surface area (Å²) in [5.41, 5.74) is 1.01. The van der Waals surface area contributed by atoms with Crippen LogP contribution in [0.3, 0.4) is 0 Å². The minimum atomic E-state index is -0.492. The number of unbranched alkanes of at least 4 members (excludes halogenated alkanes) is 1. The summed E-state index contributed by atoms with van der Waals surface area (Å²) in [6.45, 7) is 5.56. The van der Waals surface area contributed by atoms with E-state index in [0.29, 0.717) is 29.5 Å². The summed E-state index contributed by atoms with van der Waals surface area (Å²) >= 11 is 0. The Morgan fingerprint density at radius 2 is 2.11 bits per heavy atom. The molecule has 0 aliphatic carbocycles. The third kappa shape index (κ3) is 4.96. The SMILES string of the molecule is CCCCOc1ccc(OC)cc1NC(=O)Cn1nc(C)c([N+](=O)[O-])c1C. The molecule has 9 nitrogen and oxygen atoms in total. The highest BCUT2D eigenvalue weighted by Crippen LogP contribution is 2.29. The van der Waals surface area contributed by atoms with Gasteiger partial charge in [-0.1, -0.05) is 13.3 Å². The Bertz CT molecular complexity index is 831. The van der Waals surface area contributed by atoms with Crippen LogP contribution in [-0.4, -0.2) is 34.3 Å². The number of nitrogens with one attached hydrogen (secondary N) is 1. The molecule has 0 aliphatic heterocycles. The molecule has 0 unspecified atom stereocenters. The van der Waals surface area contributed by atoms with Gasteiger partial charge in [-0.3, -0.25) is 19.6 Å². The van der Waals surface area contributed by atoms with Gasteiger partial charge in [-0.2, -0.15) is 5.10 Å². The summed E-state index contributed by atoms with van der Waals surface area (Å²) in [7, 11) is 1.54. The lowest BCUT2D eigenvalue weighted by Gasteiger charge is -2.14. The molecular weight excluding hydrogens is 352 g/mol. The van der Waals surface area contributed by atoms with Crippen LogP contribution in [0, 0.1) is 24.0 Å². The van der Waals surface area contributed by atoms with Gasteiger partial charge in [-0.25, -0.2) is 0 Å². The molecule has 9 heteroatoms. The number of anilines is 1. The van der Waals surface area contributed by atoms with Crippen LogP contribution in [0.15, 0.2) is 18.2 Å². The molecule has 0 saturated heterocycles. The smallest absolute Gasteiger partial charge is 0.312 e. The van der Waals surface area contributed by atoms with Crippen molar-refractivity contribution in [3.63, 3.8) is 0 Å². The van der Waals surface area contributed by atoms with Crippen molar-refractivity contribution in [2.75, 3.05) is 19.0 Å². The molecule has 0 radical (unpaired) electrons. The molecule has 146 valence electrons. The van der Waals surface area contributed by atoms with Gasteiger partial charge in [0.25, 0.3) is 0 Å². The summed E-state index contributed by atoms with van der Waals surface area (Å²) in [5, 5.41) is 18.0. The topological polar surface area (TPSA) is 109 Å². The summed E-state index contributed by atoms with van der Waals surface area (Å²) in [6.07, 6.45) is 1.89. The van der Waals surface area contributed by atoms with Gasteiger partial charge in [-0.15, -0.1) is 0 Å². The molecule has 2 aromatic rings. The lowest BCUT2D eigenvalue weighted by molar-refractivity contribution is -0.386. The molecule has 1 N–H and O–H groups in total. The van der Waals surface area contributed by atoms with Gasteiger partial charge in [0.1, 0.15) is 29.4 Å². The fourth-order valence-corrected chi connectivity index (χ4v) is 2.62. The van der Waals surface area contributed by atoms with E-state index in [2.05, 4.69) is 17.3 Å². The first-order valence-corrected chi connectivity index (χ1v) is 8.66. The lowest BCUT2D eigenvalue weighted by atomic mass is 10.2. The number of rotatable bonds is 9. The van der Waals surface area contributed by atoms with E-state index in [9.17, 15) is 14.9 Å². The van der Waals surface area contributed by atoms with E-state index in [1.54, 1.807) is 32.0 Å². The van der Waals surface area contributed by atoms with Crippen molar-refractivity contribution < 1.29 is 19.2 Å². The van der Waals surface area contributed by atoms with Gasteiger partial charge in [0, 0.05) is 6.07 Å². The fraction of sp³-hybridized carbons (Fsp3) is 0.444.